The van der Waals surface area contributed by atoms with Crippen LogP contribution < -0.4 is 0 Å². The van der Waals surface area contributed by atoms with Crippen LogP contribution in [0.25, 0.3) is 0 Å². The molecule has 0 saturated carbocycles. The van der Waals surface area contributed by atoms with E-state index in [1.54, 1.807) is 0 Å². The normalized spacial score (nSPS) is 0. The van der Waals surface area contributed by atoms with Gasteiger partial charge in [-0.15, -0.1) is 0 Å². The van der Waals surface area contributed by atoms with Gasteiger partial charge >= 0.3 is 43.3 Å². The van der Waals surface area contributed by atoms with Crippen LogP contribution >= 0.6 is 0 Å². The van der Waals surface area contributed by atoms with Gasteiger partial charge in [0.2, 0.25) is 0 Å². The van der Waals surface area contributed by atoms with Gasteiger partial charge in [-0.05, 0) is 0 Å². The molecular formula is MnO2Zr+2. The summed E-state index contributed by atoms with van der Waals surface area (Å²) in [6.45, 7) is 0. The standard InChI is InChI=1S/Mn.2O.Zr/q+2;2*-2;+4. The van der Waals surface area contributed by atoms with Crippen LogP contribution in [0.2, 0.25) is 0 Å². The molecule has 0 aliphatic heterocycles. The van der Waals surface area contributed by atoms with Gasteiger partial charge in [0.15, 0.2) is 0 Å². The summed E-state index contributed by atoms with van der Waals surface area (Å²) in [4.78, 5) is 0. The molecule has 0 fully saturated rings. The third kappa shape index (κ3) is 10.2. The van der Waals surface area contributed by atoms with Gasteiger partial charge in [-0.2, -0.15) is 0 Å². The molecule has 0 unspecified atom stereocenters. The minimum absolute atomic E-state index is 0. The minimum atomic E-state index is 0. The summed E-state index contributed by atoms with van der Waals surface area (Å²) in [6, 6.07) is 0. The maximum Gasteiger partial charge on any atom is 4.00 e. The second-order valence-electron chi connectivity index (χ2n) is 0. The van der Waals surface area contributed by atoms with E-state index in [9.17, 15) is 0 Å². The fraction of sp³-hybridized carbons (Fsp3) is 0. The first-order valence-corrected chi connectivity index (χ1v) is 0. The van der Waals surface area contributed by atoms with Gasteiger partial charge in [-0.3, -0.25) is 0 Å². The van der Waals surface area contributed by atoms with Crippen molar-refractivity contribution in [1.29, 1.82) is 0 Å². The Labute approximate surface area is 54.2 Å². The Morgan fingerprint density at radius 1 is 0.750 bits per heavy atom. The predicted molar refractivity (Wildman–Crippen MR) is 1.37 cm³/mol. The van der Waals surface area contributed by atoms with E-state index >= 15 is 0 Å². The van der Waals surface area contributed by atoms with Gasteiger partial charge in [0, 0.05) is 0 Å². The first-order chi connectivity index (χ1) is 0. The molecule has 0 saturated heterocycles. The molecule has 4 heteroatoms. The third-order valence-corrected chi connectivity index (χ3v) is 0. The van der Waals surface area contributed by atoms with Gasteiger partial charge < -0.3 is 11.0 Å². The van der Waals surface area contributed by atoms with E-state index in [-0.39, 0.29) is 54.2 Å². The van der Waals surface area contributed by atoms with Gasteiger partial charge in [0.25, 0.3) is 0 Å². The van der Waals surface area contributed by atoms with Crippen molar-refractivity contribution in [3.63, 3.8) is 0 Å². The summed E-state index contributed by atoms with van der Waals surface area (Å²) in [5.74, 6) is 0. The van der Waals surface area contributed by atoms with E-state index in [1.165, 1.54) is 0 Å². The molecule has 2 nitrogen and oxygen atoms in total. The van der Waals surface area contributed by atoms with Crippen molar-refractivity contribution in [2.45, 2.75) is 0 Å². The summed E-state index contributed by atoms with van der Waals surface area (Å²) in [5, 5.41) is 0. The van der Waals surface area contributed by atoms with E-state index < -0.39 is 0 Å². The van der Waals surface area contributed by atoms with Crippen molar-refractivity contribution in [1.82, 2.24) is 0 Å². The van der Waals surface area contributed by atoms with Crippen molar-refractivity contribution in [2.75, 3.05) is 0 Å². The average molecular weight is 178 g/mol. The van der Waals surface area contributed by atoms with Crippen LogP contribution in [0.15, 0.2) is 0 Å². The number of hydrogen-bond acceptors (Lipinski definition) is 0. The van der Waals surface area contributed by atoms with Crippen LogP contribution in [0.5, 0.6) is 0 Å². The Morgan fingerprint density at radius 2 is 0.750 bits per heavy atom. The number of rotatable bonds is 0. The van der Waals surface area contributed by atoms with Crippen LogP contribution in [0.4, 0.5) is 0 Å². The van der Waals surface area contributed by atoms with Gasteiger partial charge in [-0.1, -0.05) is 0 Å². The SMILES string of the molecule is [Mn+2].[O-2].[O-2].[Zr+4]. The molecule has 0 N–H and O–H groups in total. The average Bonchev–Trinajstić information content (AvgIpc) is 0. The number of hydrogen-bond donors (Lipinski definition) is 0. The zero-order valence-electron chi connectivity index (χ0n) is 1.69. The largest absolute Gasteiger partial charge is 4.00 e. The monoisotopic (exact) mass is 177 g/mol. The Kier molecular flexibility index (Phi) is 388. The third-order valence-electron chi connectivity index (χ3n) is 0. The molecule has 0 atom stereocenters. The van der Waals surface area contributed by atoms with Gasteiger partial charge in [0.05, 0.1) is 0 Å². The summed E-state index contributed by atoms with van der Waals surface area (Å²) in [6.07, 6.45) is 0. The Hall–Kier alpha value is 1.32. The summed E-state index contributed by atoms with van der Waals surface area (Å²) < 4.78 is 0. The summed E-state index contributed by atoms with van der Waals surface area (Å²) in [5.41, 5.74) is 0. The zero-order chi connectivity index (χ0) is 0. The first kappa shape index (κ1) is 56.9. The smallest absolute Gasteiger partial charge is 2.00 e. The molecule has 0 amide bonds. The summed E-state index contributed by atoms with van der Waals surface area (Å²) in [7, 11) is 0. The van der Waals surface area contributed by atoms with Crippen molar-refractivity contribution in [3.05, 3.63) is 0 Å². The molecule has 0 rings (SSSR count). The van der Waals surface area contributed by atoms with Crippen molar-refractivity contribution >= 4 is 0 Å². The molecule has 0 aliphatic rings. The van der Waals surface area contributed by atoms with E-state index in [0.717, 1.165) is 0 Å². The Balaban J connectivity index is 0. The molecule has 4 heavy (non-hydrogen) atoms. The maximum atomic E-state index is 0. The molecule has 0 aromatic rings. The summed E-state index contributed by atoms with van der Waals surface area (Å²) >= 11 is 0. The van der Waals surface area contributed by atoms with E-state index in [0.29, 0.717) is 0 Å². The van der Waals surface area contributed by atoms with Crippen LogP contribution in [0.1, 0.15) is 0 Å². The fourth-order valence-electron chi connectivity index (χ4n) is 0. The van der Waals surface area contributed by atoms with Crippen LogP contribution in [-0.4, -0.2) is 0 Å². The molecule has 0 heterocycles. The van der Waals surface area contributed by atoms with E-state index in [4.69, 9.17) is 0 Å². The van der Waals surface area contributed by atoms with Gasteiger partial charge in [-0.25, -0.2) is 0 Å². The van der Waals surface area contributed by atoms with E-state index in [1.807, 2.05) is 0 Å². The maximum absolute atomic E-state index is 0. The Bertz CT molecular complexity index is 6.00. The molecule has 1 radical (unpaired) electrons. The molecule has 0 aromatic heterocycles. The van der Waals surface area contributed by atoms with Gasteiger partial charge in [0.1, 0.15) is 0 Å². The Morgan fingerprint density at radius 3 is 0.750 bits per heavy atom. The second-order valence-corrected chi connectivity index (χ2v) is 0. The van der Waals surface area contributed by atoms with Crippen LogP contribution in [0.3, 0.4) is 0 Å². The fourth-order valence-corrected chi connectivity index (χ4v) is 0. The van der Waals surface area contributed by atoms with Crippen molar-refractivity contribution in [2.24, 2.45) is 0 Å². The molecular weight excluding hydrogens is 178 g/mol. The topological polar surface area (TPSA) is 57.0 Å². The van der Waals surface area contributed by atoms with E-state index in [2.05, 4.69) is 0 Å². The second kappa shape index (κ2) is 27.3. The molecule has 0 aliphatic carbocycles. The molecule has 0 bridgehead atoms. The quantitative estimate of drug-likeness (QED) is 0.459. The predicted octanol–water partition coefficient (Wildman–Crippen LogP) is -0.243. The molecule has 0 spiro atoms. The van der Waals surface area contributed by atoms with Crippen LogP contribution in [0, 0.1) is 0 Å². The minimum Gasteiger partial charge on any atom is -2.00 e. The van der Waals surface area contributed by atoms with Crippen molar-refractivity contribution < 1.29 is 54.2 Å². The van der Waals surface area contributed by atoms with Crippen LogP contribution in [-0.2, 0) is 54.2 Å². The molecule has 21 valence electrons. The van der Waals surface area contributed by atoms with Crippen molar-refractivity contribution in [3.8, 4) is 0 Å². The zero-order valence-corrected chi connectivity index (χ0v) is 5.33. The first-order valence-electron chi connectivity index (χ1n) is 0. The molecule has 0 aromatic carbocycles.